The van der Waals surface area contributed by atoms with Crippen LogP contribution in [0.4, 0.5) is 0 Å². The second-order valence-electron chi connectivity index (χ2n) is 4.50. The van der Waals surface area contributed by atoms with E-state index in [1.165, 1.54) is 11.3 Å². The van der Waals surface area contributed by atoms with Crippen molar-refractivity contribution in [3.8, 4) is 0 Å². The zero-order chi connectivity index (χ0) is 15.2. The molecule has 1 heterocycles. The molecule has 2 rings (SSSR count). The van der Waals surface area contributed by atoms with E-state index in [2.05, 4.69) is 5.32 Å². The summed E-state index contributed by atoms with van der Waals surface area (Å²) in [6.45, 7) is 0. The van der Waals surface area contributed by atoms with Crippen molar-refractivity contribution in [2.45, 2.75) is 18.9 Å². The highest BCUT2D eigenvalue weighted by molar-refractivity contribution is 7.10. The van der Waals surface area contributed by atoms with Gasteiger partial charge in [0.25, 0.3) is 0 Å². The topological polar surface area (TPSA) is 66.4 Å². The summed E-state index contributed by atoms with van der Waals surface area (Å²) in [5, 5.41) is 14.1. The predicted octanol–water partition coefficient (Wildman–Crippen LogP) is 3.28. The lowest BCUT2D eigenvalue weighted by Crippen LogP contribution is -2.31. The summed E-state index contributed by atoms with van der Waals surface area (Å²) >= 11 is 7.44. The SMILES string of the molecule is O=C(O)C[C@H](NC(=O)Cc1ccccc1Cl)c1cccs1. The zero-order valence-corrected chi connectivity index (χ0v) is 12.7. The third-order valence-electron chi connectivity index (χ3n) is 2.91. The van der Waals surface area contributed by atoms with E-state index in [1.54, 1.807) is 18.2 Å². The van der Waals surface area contributed by atoms with Crippen molar-refractivity contribution in [1.29, 1.82) is 0 Å². The molecule has 2 N–H and O–H groups in total. The maximum atomic E-state index is 12.1. The van der Waals surface area contributed by atoms with Crippen LogP contribution in [0, 0.1) is 0 Å². The molecule has 21 heavy (non-hydrogen) atoms. The third kappa shape index (κ3) is 4.58. The van der Waals surface area contributed by atoms with Crippen LogP contribution in [0.2, 0.25) is 5.02 Å². The van der Waals surface area contributed by atoms with E-state index in [4.69, 9.17) is 16.7 Å². The molecule has 110 valence electrons. The van der Waals surface area contributed by atoms with Crippen LogP contribution in [0.5, 0.6) is 0 Å². The van der Waals surface area contributed by atoms with Crippen molar-refractivity contribution >= 4 is 34.8 Å². The molecule has 1 aromatic carbocycles. The van der Waals surface area contributed by atoms with Crippen LogP contribution in [-0.4, -0.2) is 17.0 Å². The minimum absolute atomic E-state index is 0.126. The fourth-order valence-electron chi connectivity index (χ4n) is 1.95. The second-order valence-corrected chi connectivity index (χ2v) is 5.89. The van der Waals surface area contributed by atoms with Gasteiger partial charge in [-0.15, -0.1) is 11.3 Å². The molecule has 0 aliphatic rings. The second kappa shape index (κ2) is 7.24. The Morgan fingerprint density at radius 2 is 2.00 bits per heavy atom. The van der Waals surface area contributed by atoms with E-state index >= 15 is 0 Å². The van der Waals surface area contributed by atoms with Crippen LogP contribution in [-0.2, 0) is 16.0 Å². The highest BCUT2D eigenvalue weighted by Crippen LogP contribution is 2.22. The Kier molecular flexibility index (Phi) is 5.36. The van der Waals surface area contributed by atoms with Gasteiger partial charge in [-0.1, -0.05) is 35.9 Å². The first-order valence-electron chi connectivity index (χ1n) is 6.34. The lowest BCUT2D eigenvalue weighted by atomic mass is 10.1. The standard InChI is InChI=1S/C15H14ClNO3S/c16-11-5-2-1-4-10(11)8-14(18)17-12(9-15(19)20)13-6-3-7-21-13/h1-7,12H,8-9H2,(H,17,18)(H,19,20)/t12-/m0/s1. The first-order valence-corrected chi connectivity index (χ1v) is 7.60. The molecular formula is C15H14ClNO3S. The molecule has 4 nitrogen and oxygen atoms in total. The molecule has 0 unspecified atom stereocenters. The number of carbonyl (C=O) groups excluding carboxylic acids is 1. The number of aliphatic carboxylic acids is 1. The maximum Gasteiger partial charge on any atom is 0.305 e. The van der Waals surface area contributed by atoms with Gasteiger partial charge >= 0.3 is 5.97 Å². The van der Waals surface area contributed by atoms with Crippen molar-refractivity contribution in [3.63, 3.8) is 0 Å². The Bertz CT molecular complexity index is 628. The molecule has 0 saturated heterocycles. The number of thiophene rings is 1. The van der Waals surface area contributed by atoms with Gasteiger partial charge < -0.3 is 10.4 Å². The molecule has 0 spiro atoms. The van der Waals surface area contributed by atoms with Crippen molar-refractivity contribution in [3.05, 3.63) is 57.2 Å². The number of carboxylic acid groups (broad SMARTS) is 1. The number of amides is 1. The van der Waals surface area contributed by atoms with Crippen LogP contribution < -0.4 is 5.32 Å². The lowest BCUT2D eigenvalue weighted by Gasteiger charge is -2.15. The molecule has 0 radical (unpaired) electrons. The Balaban J connectivity index is 2.05. The summed E-state index contributed by atoms with van der Waals surface area (Å²) < 4.78 is 0. The highest BCUT2D eigenvalue weighted by atomic mass is 35.5. The smallest absolute Gasteiger partial charge is 0.305 e. The van der Waals surface area contributed by atoms with Crippen LogP contribution in [0.1, 0.15) is 22.9 Å². The number of benzene rings is 1. The lowest BCUT2D eigenvalue weighted by molar-refractivity contribution is -0.137. The van der Waals surface area contributed by atoms with Crippen molar-refractivity contribution in [2.75, 3.05) is 0 Å². The summed E-state index contributed by atoms with van der Waals surface area (Å²) in [5.74, 6) is -1.20. The normalized spacial score (nSPS) is 11.9. The number of rotatable bonds is 6. The van der Waals surface area contributed by atoms with Crippen molar-refractivity contribution in [1.82, 2.24) is 5.32 Å². The van der Waals surface area contributed by atoms with Gasteiger partial charge in [0, 0.05) is 9.90 Å². The molecule has 1 amide bonds. The molecule has 0 bridgehead atoms. The first-order chi connectivity index (χ1) is 10.1. The molecule has 0 fully saturated rings. The van der Waals surface area contributed by atoms with E-state index in [1.807, 2.05) is 23.6 Å². The number of carboxylic acids is 1. The third-order valence-corrected chi connectivity index (χ3v) is 4.26. The average molecular weight is 324 g/mol. The summed E-state index contributed by atoms with van der Waals surface area (Å²) in [4.78, 5) is 23.8. The fourth-order valence-corrected chi connectivity index (χ4v) is 2.93. The molecule has 2 aromatic rings. The van der Waals surface area contributed by atoms with Gasteiger partial charge in [-0.05, 0) is 23.1 Å². The molecule has 1 atom stereocenters. The summed E-state index contributed by atoms with van der Waals surface area (Å²) in [6, 6.07) is 10.2. The van der Waals surface area contributed by atoms with Crippen molar-refractivity contribution < 1.29 is 14.7 Å². The summed E-state index contributed by atoms with van der Waals surface area (Å²) in [6.07, 6.45) is -0.0179. The maximum absolute atomic E-state index is 12.1. The monoisotopic (exact) mass is 323 g/mol. The number of carbonyl (C=O) groups is 2. The number of halogens is 1. The van der Waals surface area contributed by atoms with Gasteiger partial charge in [-0.3, -0.25) is 9.59 Å². The first kappa shape index (κ1) is 15.5. The summed E-state index contributed by atoms with van der Waals surface area (Å²) in [5.41, 5.74) is 0.719. The van der Waals surface area contributed by atoms with E-state index in [-0.39, 0.29) is 18.7 Å². The van der Waals surface area contributed by atoms with Crippen molar-refractivity contribution in [2.24, 2.45) is 0 Å². The largest absolute Gasteiger partial charge is 0.481 e. The molecule has 0 aliphatic carbocycles. The van der Waals surface area contributed by atoms with E-state index in [9.17, 15) is 9.59 Å². The van der Waals surface area contributed by atoms with Gasteiger partial charge in [0.05, 0.1) is 18.9 Å². The Labute approximate surface area is 131 Å². The highest BCUT2D eigenvalue weighted by Gasteiger charge is 2.19. The minimum Gasteiger partial charge on any atom is -0.481 e. The fraction of sp³-hybridized carbons (Fsp3) is 0.200. The Morgan fingerprint density at radius 3 is 2.62 bits per heavy atom. The van der Waals surface area contributed by atoms with E-state index < -0.39 is 12.0 Å². The molecular weight excluding hydrogens is 310 g/mol. The summed E-state index contributed by atoms with van der Waals surface area (Å²) in [7, 11) is 0. The van der Waals surface area contributed by atoms with Crippen LogP contribution >= 0.6 is 22.9 Å². The number of nitrogens with one attached hydrogen (secondary N) is 1. The minimum atomic E-state index is -0.952. The van der Waals surface area contributed by atoms with Crippen LogP contribution in [0.25, 0.3) is 0 Å². The van der Waals surface area contributed by atoms with Crippen LogP contribution in [0.3, 0.4) is 0 Å². The van der Waals surface area contributed by atoms with Gasteiger partial charge in [-0.25, -0.2) is 0 Å². The van der Waals surface area contributed by atoms with Gasteiger partial charge in [-0.2, -0.15) is 0 Å². The Morgan fingerprint density at radius 1 is 1.24 bits per heavy atom. The van der Waals surface area contributed by atoms with Gasteiger partial charge in [0.2, 0.25) is 5.91 Å². The Hall–Kier alpha value is -1.85. The van der Waals surface area contributed by atoms with E-state index in [0.29, 0.717) is 5.02 Å². The van der Waals surface area contributed by atoms with E-state index in [0.717, 1.165) is 10.4 Å². The average Bonchev–Trinajstić information content (AvgIpc) is 2.94. The number of hydrogen-bond acceptors (Lipinski definition) is 3. The molecule has 1 aromatic heterocycles. The zero-order valence-electron chi connectivity index (χ0n) is 11.1. The molecule has 6 heteroatoms. The predicted molar refractivity (Wildman–Crippen MR) is 82.6 cm³/mol. The quantitative estimate of drug-likeness (QED) is 0.857. The number of hydrogen-bond donors (Lipinski definition) is 2. The molecule has 0 saturated carbocycles. The van der Waals surface area contributed by atoms with Gasteiger partial charge in [0.1, 0.15) is 0 Å². The molecule has 0 aliphatic heterocycles. The van der Waals surface area contributed by atoms with Crippen LogP contribution in [0.15, 0.2) is 41.8 Å². The van der Waals surface area contributed by atoms with Gasteiger partial charge in [0.15, 0.2) is 0 Å².